The average molecular weight is 230 g/mol. The molecule has 0 spiro atoms. The van der Waals surface area contributed by atoms with Crippen LogP contribution in [-0.4, -0.2) is 69.6 Å². The van der Waals surface area contributed by atoms with Gasteiger partial charge in [0.25, 0.3) is 0 Å². The Morgan fingerprint density at radius 1 is 1.00 bits per heavy atom. The molecule has 6 N–H and O–H groups in total. The van der Waals surface area contributed by atoms with Crippen LogP contribution in [0.3, 0.4) is 0 Å². The molecule has 0 amide bonds. The largest absolute Gasteiger partial charge is 0.477 e. The normalized spacial score (nSPS) is 13.6. The van der Waals surface area contributed by atoms with E-state index in [1.807, 2.05) is 0 Å². The van der Waals surface area contributed by atoms with Gasteiger partial charge in [0.2, 0.25) is 0 Å². The molecule has 0 aliphatic rings. The van der Waals surface area contributed by atoms with Gasteiger partial charge in [-0.2, -0.15) is 9.68 Å². The SMILES string of the molecule is O.O=[N+](OCC(O)CO)OCC(O)CO. The maximum absolute atomic E-state index is 10.6. The zero-order chi connectivity index (χ0) is 11.0. The first-order chi connectivity index (χ1) is 6.60. The van der Waals surface area contributed by atoms with Crippen molar-refractivity contribution >= 4 is 0 Å². The van der Waals surface area contributed by atoms with Crippen LogP contribution in [0.2, 0.25) is 0 Å². The number of nitrogens with zero attached hydrogens (tertiary/aromatic N) is 1. The van der Waals surface area contributed by atoms with E-state index in [0.717, 1.165) is 0 Å². The van der Waals surface area contributed by atoms with Gasteiger partial charge >= 0.3 is 5.09 Å². The van der Waals surface area contributed by atoms with Gasteiger partial charge in [0.05, 0.1) is 13.2 Å². The van der Waals surface area contributed by atoms with Crippen molar-refractivity contribution in [2.24, 2.45) is 0 Å². The standard InChI is InChI=1S/C6H14NO7.H2O/c8-1-5(10)3-13-7(12)14-4-6(11)2-9;/h5-6,8-11H,1-4H2;1H2/q+1;. The van der Waals surface area contributed by atoms with Crippen LogP contribution in [-0.2, 0) is 9.68 Å². The van der Waals surface area contributed by atoms with Crippen LogP contribution in [0.5, 0.6) is 0 Å². The lowest BCUT2D eigenvalue weighted by atomic mass is 10.4. The lowest BCUT2D eigenvalue weighted by Crippen LogP contribution is -2.27. The van der Waals surface area contributed by atoms with E-state index in [9.17, 15) is 4.91 Å². The van der Waals surface area contributed by atoms with Crippen molar-refractivity contribution in [2.45, 2.75) is 12.2 Å². The minimum atomic E-state index is -1.17. The van der Waals surface area contributed by atoms with Gasteiger partial charge in [0.1, 0.15) is 17.1 Å². The highest BCUT2D eigenvalue weighted by Crippen LogP contribution is 1.89. The van der Waals surface area contributed by atoms with Gasteiger partial charge in [-0.3, -0.25) is 0 Å². The highest BCUT2D eigenvalue weighted by Gasteiger charge is 2.18. The summed E-state index contributed by atoms with van der Waals surface area (Å²) >= 11 is 0. The van der Waals surface area contributed by atoms with E-state index in [4.69, 9.17) is 20.4 Å². The number of aliphatic hydroxyl groups excluding tert-OH is 4. The summed E-state index contributed by atoms with van der Waals surface area (Å²) in [5.41, 5.74) is 0. The summed E-state index contributed by atoms with van der Waals surface area (Å²) in [7, 11) is 0. The molecule has 0 aromatic carbocycles. The number of aliphatic hydroxyl groups is 4. The maximum atomic E-state index is 10.6. The second-order valence-corrected chi connectivity index (χ2v) is 2.49. The minimum absolute atomic E-state index is 0. The second-order valence-electron chi connectivity index (χ2n) is 2.49. The van der Waals surface area contributed by atoms with E-state index in [2.05, 4.69) is 9.68 Å². The predicted molar refractivity (Wildman–Crippen MR) is 45.3 cm³/mol. The van der Waals surface area contributed by atoms with Crippen LogP contribution >= 0.6 is 0 Å². The first kappa shape index (κ1) is 16.4. The summed E-state index contributed by atoms with van der Waals surface area (Å²) in [6, 6.07) is 0. The molecular formula is C6H16NO8+. The smallest absolute Gasteiger partial charge is 0.412 e. The second kappa shape index (κ2) is 9.55. The van der Waals surface area contributed by atoms with Crippen molar-refractivity contribution in [3.63, 3.8) is 0 Å². The topological polar surface area (TPSA) is 151 Å². The fraction of sp³-hybridized carbons (Fsp3) is 1.00. The van der Waals surface area contributed by atoms with Crippen molar-refractivity contribution < 1.29 is 40.7 Å². The van der Waals surface area contributed by atoms with Gasteiger partial charge in [-0.05, 0) is 0 Å². The molecule has 0 saturated carbocycles. The fourth-order valence-corrected chi connectivity index (χ4v) is 0.436. The predicted octanol–water partition coefficient (Wildman–Crippen LogP) is -3.49. The minimum Gasteiger partial charge on any atom is -0.412 e. The van der Waals surface area contributed by atoms with Crippen molar-refractivity contribution in [1.82, 2.24) is 0 Å². The highest BCUT2D eigenvalue weighted by molar-refractivity contribution is 4.46. The van der Waals surface area contributed by atoms with Crippen LogP contribution in [0.1, 0.15) is 0 Å². The zero-order valence-electron chi connectivity index (χ0n) is 7.94. The van der Waals surface area contributed by atoms with Gasteiger partial charge in [-0.25, -0.2) is 0 Å². The molecule has 9 heteroatoms. The average Bonchev–Trinajstić information content (AvgIpc) is 2.22. The van der Waals surface area contributed by atoms with Gasteiger partial charge in [0.15, 0.2) is 13.2 Å². The Morgan fingerprint density at radius 2 is 1.33 bits per heavy atom. The third-order valence-corrected chi connectivity index (χ3v) is 1.17. The molecule has 0 heterocycles. The molecular weight excluding hydrogens is 214 g/mol. The Kier molecular flexibility index (Phi) is 10.5. The molecule has 15 heavy (non-hydrogen) atoms. The van der Waals surface area contributed by atoms with Gasteiger partial charge in [-0.1, -0.05) is 0 Å². The Bertz CT molecular complexity index is 149. The monoisotopic (exact) mass is 230 g/mol. The van der Waals surface area contributed by atoms with Crippen LogP contribution in [0.4, 0.5) is 0 Å². The van der Waals surface area contributed by atoms with E-state index in [1.165, 1.54) is 0 Å². The van der Waals surface area contributed by atoms with Crippen molar-refractivity contribution in [3.8, 4) is 0 Å². The summed E-state index contributed by atoms with van der Waals surface area (Å²) in [5, 5.41) is 33.9. The van der Waals surface area contributed by atoms with Crippen LogP contribution in [0.15, 0.2) is 0 Å². The highest BCUT2D eigenvalue weighted by atomic mass is 17.0. The molecule has 92 valence electrons. The van der Waals surface area contributed by atoms with Crippen LogP contribution in [0, 0.1) is 4.91 Å². The van der Waals surface area contributed by atoms with Crippen molar-refractivity contribution in [2.75, 3.05) is 26.4 Å². The fourth-order valence-electron chi connectivity index (χ4n) is 0.436. The third-order valence-electron chi connectivity index (χ3n) is 1.17. The first-order valence-corrected chi connectivity index (χ1v) is 3.91. The van der Waals surface area contributed by atoms with E-state index < -0.39 is 38.6 Å². The number of rotatable bonds is 8. The lowest BCUT2D eigenvalue weighted by Gasteiger charge is -2.02. The zero-order valence-corrected chi connectivity index (χ0v) is 7.94. The van der Waals surface area contributed by atoms with Crippen molar-refractivity contribution in [3.05, 3.63) is 4.91 Å². The summed E-state index contributed by atoms with van der Waals surface area (Å²) in [6.07, 6.45) is -2.34. The van der Waals surface area contributed by atoms with E-state index in [1.54, 1.807) is 0 Å². The van der Waals surface area contributed by atoms with Crippen LogP contribution < -0.4 is 0 Å². The summed E-state index contributed by atoms with van der Waals surface area (Å²) < 4.78 is 0. The molecule has 9 nitrogen and oxygen atoms in total. The number of hydrogen-bond donors (Lipinski definition) is 4. The molecule has 0 rings (SSSR count). The molecule has 0 aromatic heterocycles. The van der Waals surface area contributed by atoms with Crippen LogP contribution in [0.25, 0.3) is 0 Å². The van der Waals surface area contributed by atoms with E-state index in [-0.39, 0.29) is 10.6 Å². The molecule has 0 aromatic rings. The molecule has 2 unspecified atom stereocenters. The molecule has 0 aliphatic heterocycles. The summed E-state index contributed by atoms with van der Waals surface area (Å²) in [4.78, 5) is 19.1. The number of hydrogen-bond acceptors (Lipinski definition) is 7. The molecule has 0 radical (unpaired) electrons. The van der Waals surface area contributed by atoms with Gasteiger partial charge in [0, 0.05) is 0 Å². The Morgan fingerprint density at radius 3 is 1.60 bits per heavy atom. The van der Waals surface area contributed by atoms with Gasteiger partial charge < -0.3 is 25.9 Å². The molecule has 0 bridgehead atoms. The maximum Gasteiger partial charge on any atom is 0.477 e. The Hall–Kier alpha value is -1.00. The lowest BCUT2D eigenvalue weighted by molar-refractivity contribution is -0.982. The third kappa shape index (κ3) is 9.31. The van der Waals surface area contributed by atoms with E-state index >= 15 is 0 Å². The Labute approximate surface area is 85.3 Å². The molecule has 2 atom stereocenters. The molecule has 0 saturated heterocycles. The van der Waals surface area contributed by atoms with Gasteiger partial charge in [-0.15, -0.1) is 0 Å². The summed E-state index contributed by atoms with van der Waals surface area (Å²) in [6.45, 7) is -1.91. The summed E-state index contributed by atoms with van der Waals surface area (Å²) in [5.74, 6) is 0. The first-order valence-electron chi connectivity index (χ1n) is 3.91. The Balaban J connectivity index is 0. The van der Waals surface area contributed by atoms with Crippen molar-refractivity contribution in [1.29, 1.82) is 0 Å². The van der Waals surface area contributed by atoms with E-state index in [0.29, 0.717) is 0 Å². The molecule has 0 fully saturated rings. The quantitative estimate of drug-likeness (QED) is 0.316. The molecule has 0 aliphatic carbocycles.